The molecule has 1 amide bonds. The second-order valence-corrected chi connectivity index (χ2v) is 3.95. The van der Waals surface area contributed by atoms with Gasteiger partial charge in [0.05, 0.1) is 12.6 Å². The van der Waals surface area contributed by atoms with Crippen molar-refractivity contribution in [3.8, 4) is 5.75 Å². The van der Waals surface area contributed by atoms with Crippen LogP contribution in [-0.2, 0) is 4.79 Å². The van der Waals surface area contributed by atoms with Crippen LogP contribution in [0.5, 0.6) is 5.75 Å². The number of benzene rings is 1. The Hall–Kier alpha value is -1.22. The molecule has 1 aliphatic heterocycles. The van der Waals surface area contributed by atoms with Gasteiger partial charge in [0.1, 0.15) is 5.75 Å². The van der Waals surface area contributed by atoms with E-state index in [9.17, 15) is 4.79 Å². The Morgan fingerprint density at radius 3 is 3.20 bits per heavy atom. The summed E-state index contributed by atoms with van der Waals surface area (Å²) < 4.78 is 5.57. The first kappa shape index (κ1) is 10.3. The molecule has 0 radical (unpaired) electrons. The Bertz CT molecular complexity index is 368. The molecule has 0 spiro atoms. The number of ether oxygens (including phenoxy) is 1. The van der Waals surface area contributed by atoms with Crippen LogP contribution in [0.3, 0.4) is 0 Å². The SMILES string of the molecule is O=CNC1CCCOc2cc(Cl)ccc21. The van der Waals surface area contributed by atoms with Crippen molar-refractivity contribution in [2.45, 2.75) is 18.9 Å². The normalized spacial score (nSPS) is 19.7. The number of hydrogen-bond donors (Lipinski definition) is 1. The topological polar surface area (TPSA) is 38.3 Å². The maximum atomic E-state index is 10.5. The van der Waals surface area contributed by atoms with Crippen LogP contribution in [0.25, 0.3) is 0 Å². The molecule has 1 heterocycles. The maximum Gasteiger partial charge on any atom is 0.207 e. The second-order valence-electron chi connectivity index (χ2n) is 3.51. The fraction of sp³-hybridized carbons (Fsp3) is 0.364. The summed E-state index contributed by atoms with van der Waals surface area (Å²) in [5.74, 6) is 0.777. The van der Waals surface area contributed by atoms with E-state index in [-0.39, 0.29) is 6.04 Å². The van der Waals surface area contributed by atoms with Gasteiger partial charge in [0.15, 0.2) is 0 Å². The fourth-order valence-corrected chi connectivity index (χ4v) is 1.96. The van der Waals surface area contributed by atoms with Crippen molar-refractivity contribution in [1.29, 1.82) is 0 Å². The molecule has 0 bridgehead atoms. The predicted molar refractivity (Wildman–Crippen MR) is 58.1 cm³/mol. The molecular formula is C11H12ClNO2. The molecule has 0 fully saturated rings. The minimum Gasteiger partial charge on any atom is -0.493 e. The molecule has 2 rings (SSSR count). The van der Waals surface area contributed by atoms with E-state index in [4.69, 9.17) is 16.3 Å². The average Bonchev–Trinajstić information content (AvgIpc) is 2.41. The number of carbonyl (C=O) groups excluding carboxylic acids is 1. The summed E-state index contributed by atoms with van der Waals surface area (Å²) >= 11 is 5.88. The van der Waals surface area contributed by atoms with E-state index in [0.29, 0.717) is 11.6 Å². The zero-order valence-corrected chi connectivity index (χ0v) is 8.96. The number of rotatable bonds is 2. The van der Waals surface area contributed by atoms with Crippen LogP contribution in [-0.4, -0.2) is 13.0 Å². The van der Waals surface area contributed by atoms with Crippen LogP contribution < -0.4 is 10.1 Å². The minimum atomic E-state index is 0.0391. The van der Waals surface area contributed by atoms with Gasteiger partial charge in [-0.2, -0.15) is 0 Å². The second kappa shape index (κ2) is 4.53. The predicted octanol–water partition coefficient (Wildman–Crippen LogP) is 2.30. The zero-order valence-electron chi connectivity index (χ0n) is 8.20. The van der Waals surface area contributed by atoms with Gasteiger partial charge in [-0.15, -0.1) is 0 Å². The summed E-state index contributed by atoms with van der Waals surface area (Å²) in [5.41, 5.74) is 1.00. The molecule has 15 heavy (non-hydrogen) atoms. The first-order chi connectivity index (χ1) is 7.31. The highest BCUT2D eigenvalue weighted by Crippen LogP contribution is 2.33. The van der Waals surface area contributed by atoms with E-state index in [1.54, 1.807) is 6.07 Å². The molecule has 80 valence electrons. The van der Waals surface area contributed by atoms with Crippen molar-refractivity contribution in [3.63, 3.8) is 0 Å². The van der Waals surface area contributed by atoms with Crippen LogP contribution in [0.15, 0.2) is 18.2 Å². The lowest BCUT2D eigenvalue weighted by Crippen LogP contribution is -2.18. The number of amides is 1. The third-order valence-electron chi connectivity index (χ3n) is 2.51. The molecule has 0 aliphatic carbocycles. The van der Waals surface area contributed by atoms with Gasteiger partial charge in [0.2, 0.25) is 6.41 Å². The van der Waals surface area contributed by atoms with Crippen LogP contribution in [0.1, 0.15) is 24.4 Å². The maximum absolute atomic E-state index is 10.5. The summed E-state index contributed by atoms with van der Waals surface area (Å²) in [6, 6.07) is 5.55. The van der Waals surface area contributed by atoms with Crippen molar-refractivity contribution < 1.29 is 9.53 Å². The van der Waals surface area contributed by atoms with Crippen LogP contribution >= 0.6 is 11.6 Å². The molecule has 1 aromatic carbocycles. The van der Waals surface area contributed by atoms with E-state index in [2.05, 4.69) is 5.32 Å². The molecule has 1 aromatic rings. The van der Waals surface area contributed by atoms with Gasteiger partial charge in [0, 0.05) is 10.6 Å². The third-order valence-corrected chi connectivity index (χ3v) is 2.75. The molecule has 3 nitrogen and oxygen atoms in total. The highest BCUT2D eigenvalue weighted by Gasteiger charge is 2.18. The fourth-order valence-electron chi connectivity index (χ4n) is 1.80. The van der Waals surface area contributed by atoms with Crippen molar-refractivity contribution in [2.24, 2.45) is 0 Å². The monoisotopic (exact) mass is 225 g/mol. The number of halogens is 1. The van der Waals surface area contributed by atoms with E-state index < -0.39 is 0 Å². The minimum absolute atomic E-state index is 0.0391. The summed E-state index contributed by atoms with van der Waals surface area (Å²) in [6.45, 7) is 0.671. The first-order valence-corrected chi connectivity index (χ1v) is 5.31. The van der Waals surface area contributed by atoms with Gasteiger partial charge >= 0.3 is 0 Å². The number of nitrogens with one attached hydrogen (secondary N) is 1. The molecule has 1 aliphatic rings. The molecule has 0 saturated carbocycles. The van der Waals surface area contributed by atoms with E-state index >= 15 is 0 Å². The van der Waals surface area contributed by atoms with Gasteiger partial charge in [-0.1, -0.05) is 17.7 Å². The quantitative estimate of drug-likeness (QED) is 0.785. The van der Waals surface area contributed by atoms with Crippen LogP contribution in [0, 0.1) is 0 Å². The number of hydrogen-bond acceptors (Lipinski definition) is 2. The Balaban J connectivity index is 2.35. The average molecular weight is 226 g/mol. The molecule has 4 heteroatoms. The smallest absolute Gasteiger partial charge is 0.207 e. The summed E-state index contributed by atoms with van der Waals surface area (Å²) in [4.78, 5) is 10.5. The summed E-state index contributed by atoms with van der Waals surface area (Å²) in [6.07, 6.45) is 2.56. The Morgan fingerprint density at radius 1 is 1.53 bits per heavy atom. The van der Waals surface area contributed by atoms with E-state index in [1.165, 1.54) is 0 Å². The van der Waals surface area contributed by atoms with Crippen molar-refractivity contribution in [3.05, 3.63) is 28.8 Å². The summed E-state index contributed by atoms with van der Waals surface area (Å²) in [7, 11) is 0. The van der Waals surface area contributed by atoms with Gasteiger partial charge in [-0.25, -0.2) is 0 Å². The molecular weight excluding hydrogens is 214 g/mol. The first-order valence-electron chi connectivity index (χ1n) is 4.93. The van der Waals surface area contributed by atoms with Crippen molar-refractivity contribution in [2.75, 3.05) is 6.61 Å². The van der Waals surface area contributed by atoms with Crippen LogP contribution in [0.4, 0.5) is 0 Å². The summed E-state index contributed by atoms with van der Waals surface area (Å²) in [5, 5.41) is 3.45. The van der Waals surface area contributed by atoms with Gasteiger partial charge in [-0.05, 0) is 25.0 Å². The lowest BCUT2D eigenvalue weighted by molar-refractivity contribution is -0.110. The largest absolute Gasteiger partial charge is 0.493 e. The molecule has 1 N–H and O–H groups in total. The number of fused-ring (bicyclic) bond motifs is 1. The van der Waals surface area contributed by atoms with E-state index in [0.717, 1.165) is 30.6 Å². The third kappa shape index (κ3) is 2.23. The standard InChI is InChI=1S/C11H12ClNO2/c12-8-3-4-9-10(13-7-14)2-1-5-15-11(9)6-8/h3-4,6-7,10H,1-2,5H2,(H,13,14). The van der Waals surface area contributed by atoms with E-state index in [1.807, 2.05) is 12.1 Å². The molecule has 0 aromatic heterocycles. The van der Waals surface area contributed by atoms with Crippen molar-refractivity contribution >= 4 is 18.0 Å². The molecule has 1 unspecified atom stereocenters. The van der Waals surface area contributed by atoms with Crippen molar-refractivity contribution in [1.82, 2.24) is 5.32 Å². The zero-order chi connectivity index (χ0) is 10.7. The lowest BCUT2D eigenvalue weighted by atomic mass is 10.0. The lowest BCUT2D eigenvalue weighted by Gasteiger charge is -2.15. The highest BCUT2D eigenvalue weighted by atomic mass is 35.5. The number of carbonyl (C=O) groups is 1. The molecule has 0 saturated heterocycles. The van der Waals surface area contributed by atoms with Gasteiger partial charge in [-0.3, -0.25) is 4.79 Å². The highest BCUT2D eigenvalue weighted by molar-refractivity contribution is 6.30. The van der Waals surface area contributed by atoms with Crippen LogP contribution in [0.2, 0.25) is 5.02 Å². The van der Waals surface area contributed by atoms with Gasteiger partial charge < -0.3 is 10.1 Å². The molecule has 1 atom stereocenters. The van der Waals surface area contributed by atoms with Gasteiger partial charge in [0.25, 0.3) is 0 Å². The Labute approximate surface area is 93.4 Å². The Kier molecular flexibility index (Phi) is 3.11. The Morgan fingerprint density at radius 2 is 2.40 bits per heavy atom.